The van der Waals surface area contributed by atoms with E-state index in [0.29, 0.717) is 50.1 Å². The number of hydrogen-bond donors (Lipinski definition) is 2. The van der Waals surface area contributed by atoms with Gasteiger partial charge in [-0.2, -0.15) is 5.10 Å². The highest BCUT2D eigenvalue weighted by Crippen LogP contribution is 2.29. The summed E-state index contributed by atoms with van der Waals surface area (Å²) in [6.07, 6.45) is 0.483. The summed E-state index contributed by atoms with van der Waals surface area (Å²) in [4.78, 5) is 30.2. The summed E-state index contributed by atoms with van der Waals surface area (Å²) in [5, 5.41) is 12.6. The molecule has 0 saturated carbocycles. The van der Waals surface area contributed by atoms with Gasteiger partial charge < -0.3 is 5.32 Å². The zero-order valence-electron chi connectivity index (χ0n) is 17.8. The van der Waals surface area contributed by atoms with Gasteiger partial charge in [0, 0.05) is 12.7 Å². The van der Waals surface area contributed by atoms with Crippen LogP contribution in [0.3, 0.4) is 0 Å². The van der Waals surface area contributed by atoms with Gasteiger partial charge in [0.1, 0.15) is 9.88 Å². The predicted octanol–water partition coefficient (Wildman–Crippen LogP) is 2.29. The fraction of sp³-hybridized carbons (Fsp3) is 0.300. The third-order valence-corrected chi connectivity index (χ3v) is 7.12. The van der Waals surface area contributed by atoms with Gasteiger partial charge in [0.05, 0.1) is 21.8 Å². The van der Waals surface area contributed by atoms with Crippen molar-refractivity contribution in [2.75, 3.05) is 5.32 Å². The van der Waals surface area contributed by atoms with E-state index in [1.165, 1.54) is 10.7 Å². The van der Waals surface area contributed by atoms with Gasteiger partial charge in [-0.1, -0.05) is 13.0 Å². The highest BCUT2D eigenvalue weighted by Gasteiger charge is 2.22. The Kier molecular flexibility index (Phi) is 6.12. The normalized spacial score (nSPS) is 11.5. The minimum Gasteiger partial charge on any atom is -0.321 e. The first-order chi connectivity index (χ1) is 14.4. The number of nitrogens with one attached hydrogen (secondary N) is 1. The zero-order valence-corrected chi connectivity index (χ0v) is 19.4. The van der Waals surface area contributed by atoms with E-state index in [1.54, 1.807) is 40.0 Å². The van der Waals surface area contributed by atoms with Crippen molar-refractivity contribution < 1.29 is 13.2 Å². The second kappa shape index (κ2) is 8.33. The molecular weight excluding hydrogens is 438 g/mol. The van der Waals surface area contributed by atoms with Crippen molar-refractivity contribution in [3.8, 4) is 10.6 Å². The van der Waals surface area contributed by atoms with Gasteiger partial charge >= 0.3 is 0 Å². The predicted molar refractivity (Wildman–Crippen MR) is 120 cm³/mol. The van der Waals surface area contributed by atoms with E-state index < -0.39 is 15.9 Å². The Morgan fingerprint density at radius 2 is 1.90 bits per heavy atom. The summed E-state index contributed by atoms with van der Waals surface area (Å²) < 4.78 is 25.0. The summed E-state index contributed by atoms with van der Waals surface area (Å²) in [7, 11) is -2.37. The molecule has 31 heavy (non-hydrogen) atoms. The van der Waals surface area contributed by atoms with Gasteiger partial charge in [-0.15, -0.1) is 11.3 Å². The van der Waals surface area contributed by atoms with Crippen LogP contribution in [0.25, 0.3) is 10.6 Å². The van der Waals surface area contributed by atoms with Gasteiger partial charge in [0.2, 0.25) is 10.0 Å². The Morgan fingerprint density at radius 3 is 2.52 bits per heavy atom. The highest BCUT2D eigenvalue weighted by molar-refractivity contribution is 7.89. The molecule has 0 spiro atoms. The summed E-state index contributed by atoms with van der Waals surface area (Å²) in [6, 6.07) is 4.58. The van der Waals surface area contributed by atoms with E-state index in [0.717, 1.165) is 11.3 Å². The van der Waals surface area contributed by atoms with E-state index in [4.69, 9.17) is 5.14 Å². The number of nitrogens with two attached hydrogens (primary N) is 1. The lowest BCUT2D eigenvalue weighted by Crippen LogP contribution is -2.23. The van der Waals surface area contributed by atoms with Crippen LogP contribution < -0.4 is 16.0 Å². The average molecular weight is 462 g/mol. The smallest absolute Gasteiger partial charge is 0.277 e. The quantitative estimate of drug-likeness (QED) is 0.598. The molecule has 3 rings (SSSR count). The van der Waals surface area contributed by atoms with Crippen LogP contribution >= 0.6 is 11.3 Å². The van der Waals surface area contributed by atoms with Crippen LogP contribution in [0.2, 0.25) is 0 Å². The first-order valence-corrected chi connectivity index (χ1v) is 11.8. The highest BCUT2D eigenvalue weighted by atomic mass is 32.2. The molecule has 0 atom stereocenters. The number of nitrogens with zero attached hydrogens (tertiary/aromatic N) is 3. The standard InChI is InChI=1S/C20H23N5O4S2/c1-6-13-7-8-14(9-15(13)31(21,28)29)23-18(26)17-12(4)22-19(30-17)16-10(2)11(3)24-25(5)20(16)27/h7-9H,6H2,1-5H3,(H,23,26)(H2,21,28,29). The average Bonchev–Trinajstić information content (AvgIpc) is 3.07. The fourth-order valence-electron chi connectivity index (χ4n) is 3.19. The molecule has 164 valence electrons. The van der Waals surface area contributed by atoms with E-state index in [2.05, 4.69) is 15.4 Å². The van der Waals surface area contributed by atoms with Crippen molar-refractivity contribution in [1.82, 2.24) is 14.8 Å². The first kappa shape index (κ1) is 22.8. The minimum absolute atomic E-state index is 0.0269. The lowest BCUT2D eigenvalue weighted by atomic mass is 10.1. The van der Waals surface area contributed by atoms with E-state index in [1.807, 2.05) is 6.92 Å². The van der Waals surface area contributed by atoms with Gasteiger partial charge in [-0.3, -0.25) is 9.59 Å². The largest absolute Gasteiger partial charge is 0.321 e. The molecule has 0 aliphatic carbocycles. The Bertz CT molecular complexity index is 1360. The topological polar surface area (TPSA) is 137 Å². The van der Waals surface area contributed by atoms with Crippen LogP contribution in [0.5, 0.6) is 0 Å². The Balaban J connectivity index is 2.00. The van der Waals surface area contributed by atoms with E-state index >= 15 is 0 Å². The number of thiazole rings is 1. The van der Waals surface area contributed by atoms with Crippen LogP contribution in [0.15, 0.2) is 27.9 Å². The summed E-state index contributed by atoms with van der Waals surface area (Å²) >= 11 is 1.10. The van der Waals surface area contributed by atoms with Crippen LogP contribution in [-0.4, -0.2) is 29.1 Å². The number of primary sulfonamides is 1. The van der Waals surface area contributed by atoms with E-state index in [-0.39, 0.29) is 10.5 Å². The number of carbonyl (C=O) groups is 1. The number of rotatable bonds is 5. The van der Waals surface area contributed by atoms with Crippen LogP contribution in [0, 0.1) is 20.8 Å². The third kappa shape index (κ3) is 4.43. The maximum atomic E-state index is 12.9. The third-order valence-electron chi connectivity index (χ3n) is 4.95. The molecule has 2 aromatic heterocycles. The monoisotopic (exact) mass is 461 g/mol. The Labute approximate surface area is 184 Å². The van der Waals surface area contributed by atoms with Gasteiger partial charge in [-0.05, 0) is 50.5 Å². The molecule has 1 aromatic carbocycles. The van der Waals surface area contributed by atoms with Crippen LogP contribution in [0.1, 0.15) is 39.1 Å². The lowest BCUT2D eigenvalue weighted by Gasteiger charge is -2.10. The minimum atomic E-state index is -3.93. The molecule has 0 unspecified atom stereocenters. The Morgan fingerprint density at radius 1 is 1.23 bits per heavy atom. The van der Waals surface area contributed by atoms with Crippen molar-refractivity contribution in [3.63, 3.8) is 0 Å². The number of hydrogen-bond acceptors (Lipinski definition) is 7. The molecule has 11 heteroatoms. The van der Waals surface area contributed by atoms with Crippen molar-refractivity contribution >= 4 is 33.0 Å². The zero-order chi connectivity index (χ0) is 23.1. The van der Waals surface area contributed by atoms with Crippen molar-refractivity contribution in [3.05, 3.63) is 55.9 Å². The molecule has 0 aliphatic heterocycles. The number of sulfonamides is 1. The number of amides is 1. The number of benzene rings is 1. The van der Waals surface area contributed by atoms with Crippen molar-refractivity contribution in [1.29, 1.82) is 0 Å². The van der Waals surface area contributed by atoms with Gasteiger partial charge in [-0.25, -0.2) is 23.2 Å². The van der Waals surface area contributed by atoms with Crippen molar-refractivity contribution in [2.45, 2.75) is 39.0 Å². The lowest BCUT2D eigenvalue weighted by molar-refractivity contribution is 0.102. The van der Waals surface area contributed by atoms with Crippen LogP contribution in [0.4, 0.5) is 5.69 Å². The van der Waals surface area contributed by atoms with Crippen LogP contribution in [-0.2, 0) is 23.5 Å². The van der Waals surface area contributed by atoms with Crippen molar-refractivity contribution in [2.24, 2.45) is 12.2 Å². The van der Waals surface area contributed by atoms with Gasteiger partial charge in [0.15, 0.2) is 0 Å². The molecule has 0 saturated heterocycles. The molecular formula is C20H23N5O4S2. The van der Waals surface area contributed by atoms with Gasteiger partial charge in [0.25, 0.3) is 11.5 Å². The molecule has 1 amide bonds. The molecule has 0 radical (unpaired) electrons. The number of aryl methyl sites for hydroxylation is 4. The molecule has 3 N–H and O–H groups in total. The maximum Gasteiger partial charge on any atom is 0.277 e. The SMILES string of the molecule is CCc1ccc(NC(=O)c2sc(-c3c(C)c(C)nn(C)c3=O)nc2C)cc1S(N)(=O)=O. The maximum absolute atomic E-state index is 12.9. The molecule has 3 aromatic rings. The first-order valence-electron chi connectivity index (χ1n) is 9.43. The number of aromatic nitrogens is 3. The molecule has 0 bridgehead atoms. The molecule has 0 fully saturated rings. The second-order valence-corrected chi connectivity index (χ2v) is 9.65. The fourth-order valence-corrected chi connectivity index (χ4v) is 5.12. The summed E-state index contributed by atoms with van der Waals surface area (Å²) in [6.45, 7) is 7.09. The number of anilines is 1. The molecule has 9 nitrogen and oxygen atoms in total. The van der Waals surface area contributed by atoms with E-state index in [9.17, 15) is 18.0 Å². The second-order valence-electron chi connectivity index (χ2n) is 7.12. The Hall–Kier alpha value is -2.89. The molecule has 0 aliphatic rings. The summed E-state index contributed by atoms with van der Waals surface area (Å²) in [5.74, 6) is -0.453. The molecule has 2 heterocycles. The summed E-state index contributed by atoms with van der Waals surface area (Å²) in [5.41, 5.74) is 2.84. The number of carbonyl (C=O) groups excluding carboxylic acids is 1.